The van der Waals surface area contributed by atoms with Crippen molar-refractivity contribution in [1.29, 1.82) is 0 Å². The second-order valence-electron chi connectivity index (χ2n) is 6.38. The van der Waals surface area contributed by atoms with E-state index in [9.17, 15) is 14.9 Å². The summed E-state index contributed by atoms with van der Waals surface area (Å²) in [5.41, 5.74) is 4.60. The van der Waals surface area contributed by atoms with Crippen molar-refractivity contribution < 1.29 is 9.72 Å². The first-order chi connectivity index (χ1) is 12.9. The molecule has 0 fully saturated rings. The molecule has 0 saturated carbocycles. The van der Waals surface area contributed by atoms with E-state index in [1.807, 2.05) is 48.9 Å². The summed E-state index contributed by atoms with van der Waals surface area (Å²) in [7, 11) is 0. The molecule has 0 radical (unpaired) electrons. The number of nitro benzene ring substituents is 1. The minimum atomic E-state index is -0.479. The molecule has 1 N–H and O–H groups in total. The Morgan fingerprint density at radius 1 is 1.15 bits per heavy atom. The Bertz CT molecular complexity index is 1010. The van der Waals surface area contributed by atoms with E-state index in [2.05, 4.69) is 10.4 Å². The Labute approximate surface area is 156 Å². The molecule has 0 aliphatic heterocycles. The van der Waals surface area contributed by atoms with Crippen LogP contribution in [0.4, 0.5) is 11.4 Å². The number of benzene rings is 2. The monoisotopic (exact) mass is 364 g/mol. The number of nitrogens with one attached hydrogen (secondary N) is 1. The van der Waals surface area contributed by atoms with E-state index in [4.69, 9.17) is 0 Å². The van der Waals surface area contributed by atoms with E-state index < -0.39 is 4.92 Å². The summed E-state index contributed by atoms with van der Waals surface area (Å²) in [4.78, 5) is 23.0. The number of rotatable bonds is 5. The summed E-state index contributed by atoms with van der Waals surface area (Å²) in [5.74, 6) is -0.239. The van der Waals surface area contributed by atoms with Crippen molar-refractivity contribution >= 4 is 17.3 Å². The van der Waals surface area contributed by atoms with Crippen molar-refractivity contribution in [3.63, 3.8) is 0 Å². The second kappa shape index (κ2) is 7.41. The van der Waals surface area contributed by atoms with Crippen molar-refractivity contribution in [1.82, 2.24) is 9.78 Å². The predicted molar refractivity (Wildman–Crippen MR) is 103 cm³/mol. The summed E-state index contributed by atoms with van der Waals surface area (Å²) in [5, 5.41) is 18.3. The molecule has 0 bridgehead atoms. The normalized spacial score (nSPS) is 10.6. The fraction of sp³-hybridized carbons (Fsp3) is 0.200. The van der Waals surface area contributed by atoms with Gasteiger partial charge in [0.15, 0.2) is 0 Å². The molecule has 27 heavy (non-hydrogen) atoms. The highest BCUT2D eigenvalue weighted by atomic mass is 16.6. The first-order valence-electron chi connectivity index (χ1n) is 8.52. The van der Waals surface area contributed by atoms with Gasteiger partial charge in [-0.25, -0.2) is 4.68 Å². The van der Waals surface area contributed by atoms with Crippen LogP contribution in [-0.2, 0) is 11.2 Å². The van der Waals surface area contributed by atoms with E-state index in [1.165, 1.54) is 12.1 Å². The van der Waals surface area contributed by atoms with Gasteiger partial charge < -0.3 is 5.32 Å². The zero-order chi connectivity index (χ0) is 19.6. The highest BCUT2D eigenvalue weighted by molar-refractivity contribution is 5.93. The van der Waals surface area contributed by atoms with Crippen LogP contribution in [0.2, 0.25) is 0 Å². The number of nitro groups is 1. The minimum Gasteiger partial charge on any atom is -0.325 e. The molecule has 1 amide bonds. The first-order valence-corrected chi connectivity index (χ1v) is 8.52. The quantitative estimate of drug-likeness (QED) is 0.549. The maximum atomic E-state index is 12.5. The fourth-order valence-corrected chi connectivity index (χ4v) is 2.96. The third-order valence-electron chi connectivity index (χ3n) is 4.49. The van der Waals surface area contributed by atoms with Crippen LogP contribution in [0, 0.1) is 30.9 Å². The predicted octanol–water partition coefficient (Wildman–Crippen LogP) is 3.89. The molecule has 2 aromatic carbocycles. The highest BCUT2D eigenvalue weighted by Crippen LogP contribution is 2.23. The molecule has 0 unspecified atom stereocenters. The van der Waals surface area contributed by atoms with Crippen LogP contribution in [0.1, 0.15) is 22.5 Å². The van der Waals surface area contributed by atoms with Gasteiger partial charge in [-0.3, -0.25) is 14.9 Å². The summed E-state index contributed by atoms with van der Waals surface area (Å²) in [6, 6.07) is 14.1. The number of hydrogen-bond donors (Lipinski definition) is 1. The maximum Gasteiger partial charge on any atom is 0.271 e. The zero-order valence-corrected chi connectivity index (χ0v) is 15.4. The molecule has 0 aliphatic carbocycles. The van der Waals surface area contributed by atoms with E-state index >= 15 is 0 Å². The third-order valence-corrected chi connectivity index (χ3v) is 4.49. The Morgan fingerprint density at radius 2 is 1.85 bits per heavy atom. The number of amides is 1. The van der Waals surface area contributed by atoms with Gasteiger partial charge >= 0.3 is 0 Å². The Kier molecular flexibility index (Phi) is 5.03. The highest BCUT2D eigenvalue weighted by Gasteiger charge is 2.17. The molecule has 7 nitrogen and oxygen atoms in total. The van der Waals surface area contributed by atoms with E-state index in [0.29, 0.717) is 5.69 Å². The summed E-state index contributed by atoms with van der Waals surface area (Å²) < 4.78 is 1.82. The van der Waals surface area contributed by atoms with Crippen LogP contribution in [0.5, 0.6) is 0 Å². The lowest BCUT2D eigenvalue weighted by Crippen LogP contribution is -2.16. The summed E-state index contributed by atoms with van der Waals surface area (Å²) in [6.45, 7) is 5.59. The minimum absolute atomic E-state index is 0.0554. The van der Waals surface area contributed by atoms with Gasteiger partial charge in [0.1, 0.15) is 0 Å². The molecule has 0 spiro atoms. The van der Waals surface area contributed by atoms with Crippen LogP contribution >= 0.6 is 0 Å². The molecule has 138 valence electrons. The number of hydrogen-bond acceptors (Lipinski definition) is 4. The van der Waals surface area contributed by atoms with Crippen molar-refractivity contribution in [2.75, 3.05) is 5.32 Å². The first kappa shape index (κ1) is 18.3. The molecular weight excluding hydrogens is 344 g/mol. The smallest absolute Gasteiger partial charge is 0.271 e. The van der Waals surface area contributed by atoms with Gasteiger partial charge in [0.2, 0.25) is 5.91 Å². The maximum absolute atomic E-state index is 12.5. The number of carbonyl (C=O) groups excluding carboxylic acids is 1. The van der Waals surface area contributed by atoms with Gasteiger partial charge in [-0.15, -0.1) is 0 Å². The van der Waals surface area contributed by atoms with Gasteiger partial charge in [-0.05, 0) is 38.5 Å². The molecule has 0 saturated heterocycles. The average Bonchev–Trinajstić information content (AvgIpc) is 2.92. The van der Waals surface area contributed by atoms with Crippen LogP contribution in [-0.4, -0.2) is 20.6 Å². The van der Waals surface area contributed by atoms with Crippen molar-refractivity contribution in [3.05, 3.63) is 81.2 Å². The molecule has 1 heterocycles. The molecular formula is C20H20N4O3. The third kappa shape index (κ3) is 3.87. The van der Waals surface area contributed by atoms with Gasteiger partial charge in [-0.2, -0.15) is 5.10 Å². The van der Waals surface area contributed by atoms with Crippen molar-refractivity contribution in [2.45, 2.75) is 27.2 Å². The Morgan fingerprint density at radius 3 is 2.52 bits per heavy atom. The van der Waals surface area contributed by atoms with E-state index in [1.54, 1.807) is 13.0 Å². The molecule has 7 heteroatoms. The average molecular weight is 364 g/mol. The molecule has 3 aromatic rings. The SMILES string of the molecule is Cc1ccc([N+](=O)[O-])cc1NC(=O)Cc1c(C)nn(-c2ccccc2)c1C. The van der Waals surface area contributed by atoms with Gasteiger partial charge in [-0.1, -0.05) is 24.3 Å². The molecule has 0 aliphatic rings. The molecule has 3 rings (SSSR count). The fourth-order valence-electron chi connectivity index (χ4n) is 2.96. The van der Waals surface area contributed by atoms with Crippen LogP contribution in [0.25, 0.3) is 5.69 Å². The van der Waals surface area contributed by atoms with E-state index in [-0.39, 0.29) is 18.0 Å². The standard InChI is InChI=1S/C20H20N4O3/c1-13-9-10-17(24(26)27)11-19(13)21-20(25)12-18-14(2)22-23(15(18)3)16-7-5-4-6-8-16/h4-11H,12H2,1-3H3,(H,21,25). The van der Waals surface area contributed by atoms with Crippen LogP contribution < -0.4 is 5.32 Å². The molecule has 0 atom stereocenters. The summed E-state index contributed by atoms with van der Waals surface area (Å²) >= 11 is 0. The van der Waals surface area contributed by atoms with Gasteiger partial charge in [0.25, 0.3) is 5.69 Å². The number of aryl methyl sites for hydroxylation is 2. The van der Waals surface area contributed by atoms with Gasteiger partial charge in [0, 0.05) is 23.4 Å². The Balaban J connectivity index is 1.82. The number of carbonyl (C=O) groups is 1. The lowest BCUT2D eigenvalue weighted by Gasteiger charge is -2.09. The van der Waals surface area contributed by atoms with Crippen molar-refractivity contribution in [2.24, 2.45) is 0 Å². The lowest BCUT2D eigenvalue weighted by molar-refractivity contribution is -0.384. The number of para-hydroxylation sites is 1. The molecule has 1 aromatic heterocycles. The topological polar surface area (TPSA) is 90.1 Å². The van der Waals surface area contributed by atoms with E-state index in [0.717, 1.165) is 28.2 Å². The Hall–Kier alpha value is -3.48. The number of anilines is 1. The number of non-ortho nitro benzene ring substituents is 1. The second-order valence-corrected chi connectivity index (χ2v) is 6.38. The van der Waals surface area contributed by atoms with Gasteiger partial charge in [0.05, 0.1) is 28.4 Å². The van der Waals surface area contributed by atoms with Crippen LogP contribution in [0.15, 0.2) is 48.5 Å². The largest absolute Gasteiger partial charge is 0.325 e. The number of aromatic nitrogens is 2. The van der Waals surface area contributed by atoms with Crippen molar-refractivity contribution in [3.8, 4) is 5.69 Å². The number of nitrogens with zero attached hydrogens (tertiary/aromatic N) is 3. The summed E-state index contributed by atoms with van der Waals surface area (Å²) in [6.07, 6.45) is 0.145. The zero-order valence-electron chi connectivity index (χ0n) is 15.4. The van der Waals surface area contributed by atoms with Crippen LogP contribution in [0.3, 0.4) is 0 Å². The lowest BCUT2D eigenvalue weighted by atomic mass is 10.1.